The van der Waals surface area contributed by atoms with Crippen molar-refractivity contribution in [3.8, 4) is 0 Å². The van der Waals surface area contributed by atoms with Crippen LogP contribution in [0.4, 0.5) is 5.13 Å². The van der Waals surface area contributed by atoms with Crippen molar-refractivity contribution < 1.29 is 13.2 Å². The summed E-state index contributed by atoms with van der Waals surface area (Å²) in [5.41, 5.74) is 2.85. The quantitative estimate of drug-likeness (QED) is 0.600. The highest BCUT2D eigenvalue weighted by Crippen LogP contribution is 2.32. The van der Waals surface area contributed by atoms with Crippen molar-refractivity contribution in [3.05, 3.63) is 76.3 Å². The number of rotatable bonds is 6. The van der Waals surface area contributed by atoms with E-state index in [1.165, 1.54) is 15.6 Å². The van der Waals surface area contributed by atoms with E-state index in [2.05, 4.69) is 10.3 Å². The molecule has 31 heavy (non-hydrogen) atoms. The number of nitrogens with zero attached hydrogens (tertiary/aromatic N) is 2. The Kier molecular flexibility index (Phi) is 6.22. The lowest BCUT2D eigenvalue weighted by molar-refractivity contribution is -0.117. The minimum Gasteiger partial charge on any atom is -0.301 e. The predicted octanol–water partition coefficient (Wildman–Crippen LogP) is 4.33. The molecule has 6 nitrogen and oxygen atoms in total. The van der Waals surface area contributed by atoms with Gasteiger partial charge in [0, 0.05) is 17.8 Å². The minimum absolute atomic E-state index is 0.0936. The lowest BCUT2D eigenvalue weighted by Gasteiger charge is -2.25. The zero-order chi connectivity index (χ0) is 22.0. The molecule has 1 aromatic heterocycles. The zero-order valence-electron chi connectivity index (χ0n) is 17.5. The summed E-state index contributed by atoms with van der Waals surface area (Å²) in [6.07, 6.45) is 1.21. The molecule has 162 valence electrons. The third kappa shape index (κ3) is 4.56. The first-order valence-corrected chi connectivity index (χ1v) is 12.6. The standard InChI is InChI=1S/C23H25N3O3S2/c1-3-19(17-7-5-4-6-8-17)22(27)25-23-24-20-13-14-26(15-21(20)30-23)31(28,29)18-11-9-16(2)10-12-18/h4-12,19H,3,13-15H2,1-2H3,(H,24,25,27). The van der Waals surface area contributed by atoms with E-state index >= 15 is 0 Å². The van der Waals surface area contributed by atoms with E-state index in [4.69, 9.17) is 0 Å². The van der Waals surface area contributed by atoms with Crippen molar-refractivity contribution in [1.82, 2.24) is 9.29 Å². The molecular formula is C23H25N3O3S2. The lowest BCUT2D eigenvalue weighted by atomic mass is 9.96. The Bertz CT molecular complexity index is 1170. The lowest BCUT2D eigenvalue weighted by Crippen LogP contribution is -2.35. The second-order valence-electron chi connectivity index (χ2n) is 7.65. The van der Waals surface area contributed by atoms with Crippen LogP contribution in [0.1, 0.15) is 41.0 Å². The van der Waals surface area contributed by atoms with Crippen LogP contribution in [0.15, 0.2) is 59.5 Å². The second kappa shape index (κ2) is 8.90. The summed E-state index contributed by atoms with van der Waals surface area (Å²) < 4.78 is 27.5. The monoisotopic (exact) mass is 455 g/mol. The van der Waals surface area contributed by atoms with Crippen LogP contribution in [0.25, 0.3) is 0 Å². The molecule has 3 aromatic rings. The van der Waals surface area contributed by atoms with E-state index in [0.717, 1.165) is 21.7 Å². The van der Waals surface area contributed by atoms with Crippen LogP contribution in [-0.2, 0) is 27.8 Å². The van der Waals surface area contributed by atoms with Gasteiger partial charge in [0.1, 0.15) is 0 Å². The number of carbonyl (C=O) groups is 1. The first-order chi connectivity index (χ1) is 14.9. The van der Waals surface area contributed by atoms with Crippen molar-refractivity contribution in [2.75, 3.05) is 11.9 Å². The van der Waals surface area contributed by atoms with Crippen LogP contribution in [0.5, 0.6) is 0 Å². The maximum Gasteiger partial charge on any atom is 0.243 e. The van der Waals surface area contributed by atoms with Crippen LogP contribution >= 0.6 is 11.3 Å². The molecule has 1 N–H and O–H groups in total. The number of sulfonamides is 1. The van der Waals surface area contributed by atoms with Gasteiger partial charge >= 0.3 is 0 Å². The van der Waals surface area contributed by atoms with E-state index < -0.39 is 10.0 Å². The molecule has 0 fully saturated rings. The van der Waals surface area contributed by atoms with Crippen molar-refractivity contribution in [1.29, 1.82) is 0 Å². The molecule has 0 saturated carbocycles. The molecular weight excluding hydrogens is 430 g/mol. The maximum absolute atomic E-state index is 13.0. The maximum atomic E-state index is 13.0. The molecule has 1 amide bonds. The molecule has 0 spiro atoms. The number of amides is 1. The third-order valence-corrected chi connectivity index (χ3v) is 8.37. The fourth-order valence-electron chi connectivity index (χ4n) is 3.74. The Morgan fingerprint density at radius 3 is 2.55 bits per heavy atom. The smallest absolute Gasteiger partial charge is 0.243 e. The van der Waals surface area contributed by atoms with Gasteiger partial charge in [0.25, 0.3) is 0 Å². The Hall–Kier alpha value is -2.55. The van der Waals surface area contributed by atoms with Gasteiger partial charge < -0.3 is 5.32 Å². The van der Waals surface area contributed by atoms with Gasteiger partial charge in [-0.05, 0) is 31.0 Å². The Labute approximate surface area is 187 Å². The molecule has 8 heteroatoms. The van der Waals surface area contributed by atoms with Gasteiger partial charge in [-0.15, -0.1) is 11.3 Å². The second-order valence-corrected chi connectivity index (χ2v) is 10.7. The van der Waals surface area contributed by atoms with Crippen LogP contribution < -0.4 is 5.32 Å². The molecule has 1 aliphatic heterocycles. The highest BCUT2D eigenvalue weighted by Gasteiger charge is 2.31. The van der Waals surface area contributed by atoms with E-state index in [1.54, 1.807) is 24.3 Å². The van der Waals surface area contributed by atoms with Crippen molar-refractivity contribution in [2.24, 2.45) is 0 Å². The number of nitrogens with one attached hydrogen (secondary N) is 1. The average Bonchev–Trinajstić information content (AvgIpc) is 3.16. The van der Waals surface area contributed by atoms with Crippen LogP contribution in [-0.4, -0.2) is 30.2 Å². The normalized spacial score (nSPS) is 15.3. The number of benzene rings is 2. The molecule has 0 aliphatic carbocycles. The summed E-state index contributed by atoms with van der Waals surface area (Å²) in [5.74, 6) is -0.343. The first-order valence-electron chi connectivity index (χ1n) is 10.3. The average molecular weight is 456 g/mol. The van der Waals surface area contributed by atoms with Crippen LogP contribution in [0, 0.1) is 6.92 Å². The Morgan fingerprint density at radius 2 is 1.87 bits per heavy atom. The Balaban J connectivity index is 1.49. The number of fused-ring (bicyclic) bond motifs is 1. The van der Waals surface area contributed by atoms with Gasteiger partial charge in [-0.25, -0.2) is 13.4 Å². The number of anilines is 1. The van der Waals surface area contributed by atoms with Crippen molar-refractivity contribution in [2.45, 2.75) is 44.0 Å². The number of aryl methyl sites for hydroxylation is 1. The molecule has 2 heterocycles. The number of aromatic nitrogens is 1. The molecule has 1 aliphatic rings. The summed E-state index contributed by atoms with van der Waals surface area (Å²) in [6, 6.07) is 16.6. The summed E-state index contributed by atoms with van der Waals surface area (Å²) in [4.78, 5) is 18.6. The van der Waals surface area contributed by atoms with Gasteiger partial charge in [0.05, 0.1) is 23.1 Å². The van der Waals surface area contributed by atoms with E-state index in [1.807, 2.05) is 44.2 Å². The van der Waals surface area contributed by atoms with Gasteiger partial charge in [-0.1, -0.05) is 55.0 Å². The van der Waals surface area contributed by atoms with E-state index in [9.17, 15) is 13.2 Å². The van der Waals surface area contributed by atoms with Crippen LogP contribution in [0.3, 0.4) is 0 Å². The third-order valence-electron chi connectivity index (χ3n) is 5.51. The van der Waals surface area contributed by atoms with Gasteiger partial charge in [0.15, 0.2) is 5.13 Å². The predicted molar refractivity (Wildman–Crippen MR) is 123 cm³/mol. The van der Waals surface area contributed by atoms with E-state index in [-0.39, 0.29) is 18.4 Å². The largest absolute Gasteiger partial charge is 0.301 e. The number of carbonyl (C=O) groups excluding carboxylic acids is 1. The summed E-state index contributed by atoms with van der Waals surface area (Å²) in [7, 11) is -3.56. The molecule has 1 unspecified atom stereocenters. The van der Waals surface area contributed by atoms with Crippen LogP contribution in [0.2, 0.25) is 0 Å². The fraction of sp³-hybridized carbons (Fsp3) is 0.304. The van der Waals surface area contributed by atoms with E-state index in [0.29, 0.717) is 29.4 Å². The highest BCUT2D eigenvalue weighted by molar-refractivity contribution is 7.89. The highest BCUT2D eigenvalue weighted by atomic mass is 32.2. The topological polar surface area (TPSA) is 79.4 Å². The van der Waals surface area contributed by atoms with Gasteiger partial charge in [-0.3, -0.25) is 4.79 Å². The fourth-order valence-corrected chi connectivity index (χ4v) is 6.26. The molecule has 1 atom stereocenters. The number of hydrogen-bond donors (Lipinski definition) is 1. The zero-order valence-corrected chi connectivity index (χ0v) is 19.2. The SMILES string of the molecule is CCC(C(=O)Nc1nc2c(s1)CN(S(=O)(=O)c1ccc(C)cc1)CC2)c1ccccc1. The van der Waals surface area contributed by atoms with Crippen molar-refractivity contribution >= 4 is 32.4 Å². The minimum atomic E-state index is -3.56. The molecule has 2 aromatic carbocycles. The summed E-state index contributed by atoms with van der Waals surface area (Å²) in [5, 5.41) is 3.47. The van der Waals surface area contributed by atoms with Gasteiger partial charge in [0.2, 0.25) is 15.9 Å². The number of hydrogen-bond acceptors (Lipinski definition) is 5. The van der Waals surface area contributed by atoms with Crippen molar-refractivity contribution in [3.63, 3.8) is 0 Å². The molecule has 0 bridgehead atoms. The molecule has 0 saturated heterocycles. The van der Waals surface area contributed by atoms with Gasteiger partial charge in [-0.2, -0.15) is 4.31 Å². The molecule has 4 rings (SSSR count). The Morgan fingerprint density at radius 1 is 1.16 bits per heavy atom. The summed E-state index contributed by atoms with van der Waals surface area (Å²) >= 11 is 1.36. The summed E-state index contributed by atoms with van der Waals surface area (Å²) in [6.45, 7) is 4.56. The number of thiazole rings is 1. The molecule has 0 radical (unpaired) electrons. The first kappa shape index (κ1) is 21.7.